The van der Waals surface area contributed by atoms with Crippen molar-refractivity contribution in [2.24, 2.45) is 0 Å². The van der Waals surface area contributed by atoms with E-state index in [4.69, 9.17) is 11.6 Å². The van der Waals surface area contributed by atoms with Crippen LogP contribution in [0.15, 0.2) is 53.4 Å². The second-order valence-corrected chi connectivity index (χ2v) is 7.57. The van der Waals surface area contributed by atoms with Crippen molar-refractivity contribution in [2.75, 3.05) is 12.0 Å². The molecule has 0 atom stereocenters. The van der Waals surface area contributed by atoms with Gasteiger partial charge in [-0.3, -0.25) is 14.5 Å². The van der Waals surface area contributed by atoms with E-state index in [9.17, 15) is 9.59 Å². The first-order chi connectivity index (χ1) is 11.5. The van der Waals surface area contributed by atoms with E-state index in [0.29, 0.717) is 9.93 Å². The quantitative estimate of drug-likeness (QED) is 0.502. The molecule has 1 fully saturated rings. The maximum Gasteiger partial charge on any atom is 0.295 e. The third-order valence-corrected chi connectivity index (χ3v) is 5.44. The lowest BCUT2D eigenvalue weighted by Gasteiger charge is -2.15. The van der Waals surface area contributed by atoms with Crippen LogP contribution in [0.1, 0.15) is 5.56 Å². The minimum Gasteiger partial charge on any atom is -0.366 e. The molecule has 0 bridgehead atoms. The second kappa shape index (κ2) is 7.58. The van der Waals surface area contributed by atoms with Crippen LogP contribution in [0.2, 0.25) is 5.02 Å². The van der Waals surface area contributed by atoms with Crippen molar-refractivity contribution in [1.82, 2.24) is 4.90 Å². The molecule has 2 aromatic rings. The molecule has 0 aliphatic carbocycles. The fourth-order valence-electron chi connectivity index (χ4n) is 2.12. The molecular weight excluding hydrogens is 459 g/mol. The Labute approximate surface area is 162 Å². The van der Waals surface area contributed by atoms with Gasteiger partial charge in [-0.2, -0.15) is 0 Å². The van der Waals surface area contributed by atoms with E-state index >= 15 is 0 Å². The number of carbonyl (C=O) groups is 2. The zero-order chi connectivity index (χ0) is 17.1. The number of imide groups is 1. The van der Waals surface area contributed by atoms with Gasteiger partial charge < -0.3 is 5.32 Å². The van der Waals surface area contributed by atoms with Crippen molar-refractivity contribution in [2.45, 2.75) is 0 Å². The maximum absolute atomic E-state index is 12.4. The van der Waals surface area contributed by atoms with E-state index in [-0.39, 0.29) is 17.8 Å². The molecule has 0 unspecified atom stereocenters. The highest BCUT2D eigenvalue weighted by Gasteiger charge is 2.34. The summed E-state index contributed by atoms with van der Waals surface area (Å²) in [4.78, 5) is 26.2. The lowest BCUT2D eigenvalue weighted by molar-refractivity contribution is -0.122. The third kappa shape index (κ3) is 3.93. The average molecular weight is 471 g/mol. The minimum absolute atomic E-state index is 0.142. The molecule has 0 radical (unpaired) electrons. The lowest BCUT2D eigenvalue weighted by Crippen LogP contribution is -2.33. The Balaban J connectivity index is 1.72. The standard InChI is InChI=1S/C17H12ClIN2O2S/c18-12-7-5-11(6-8-12)9-15-16(22)21(17(23)24-15)10-20-14-4-2-1-3-13(14)19/h1-9,20H,10H2. The normalized spacial score (nSPS) is 16.1. The molecule has 0 aromatic heterocycles. The highest BCUT2D eigenvalue weighted by atomic mass is 127. The van der Waals surface area contributed by atoms with Crippen molar-refractivity contribution in [3.63, 3.8) is 0 Å². The number of benzene rings is 2. The van der Waals surface area contributed by atoms with Crippen molar-refractivity contribution in [3.05, 3.63) is 67.6 Å². The van der Waals surface area contributed by atoms with Crippen LogP contribution in [0, 0.1) is 3.57 Å². The fraction of sp³-hybridized carbons (Fsp3) is 0.0588. The van der Waals surface area contributed by atoms with Gasteiger partial charge in [-0.25, -0.2) is 0 Å². The number of carbonyl (C=O) groups excluding carboxylic acids is 2. The van der Waals surface area contributed by atoms with Crippen LogP contribution in [0.4, 0.5) is 10.5 Å². The summed E-state index contributed by atoms with van der Waals surface area (Å²) in [6.07, 6.45) is 1.70. The molecule has 0 spiro atoms. The van der Waals surface area contributed by atoms with Gasteiger partial charge in [0.2, 0.25) is 0 Å². The van der Waals surface area contributed by atoms with Crippen LogP contribution in [0.5, 0.6) is 0 Å². The first-order valence-electron chi connectivity index (χ1n) is 7.04. The summed E-state index contributed by atoms with van der Waals surface area (Å²) >= 11 is 9.00. The van der Waals surface area contributed by atoms with E-state index in [0.717, 1.165) is 26.6 Å². The zero-order valence-electron chi connectivity index (χ0n) is 12.3. The van der Waals surface area contributed by atoms with Crippen LogP contribution in [0.3, 0.4) is 0 Å². The second-order valence-electron chi connectivity index (χ2n) is 4.98. The third-order valence-electron chi connectivity index (χ3n) is 3.34. The van der Waals surface area contributed by atoms with Crippen LogP contribution in [0.25, 0.3) is 6.08 Å². The molecule has 122 valence electrons. The van der Waals surface area contributed by atoms with Crippen molar-refractivity contribution >= 4 is 68.9 Å². The number of rotatable bonds is 4. The van der Waals surface area contributed by atoms with Gasteiger partial charge in [-0.1, -0.05) is 35.9 Å². The SMILES string of the molecule is O=C1SC(=Cc2ccc(Cl)cc2)C(=O)N1CNc1ccccc1I. The summed E-state index contributed by atoms with van der Waals surface area (Å²) in [5.74, 6) is -0.293. The molecule has 2 aromatic carbocycles. The number of hydrogen-bond donors (Lipinski definition) is 1. The molecule has 2 amide bonds. The molecule has 4 nitrogen and oxygen atoms in total. The Morgan fingerprint density at radius 2 is 1.83 bits per heavy atom. The molecule has 7 heteroatoms. The molecule has 1 aliphatic rings. The lowest BCUT2D eigenvalue weighted by atomic mass is 10.2. The van der Waals surface area contributed by atoms with Crippen LogP contribution < -0.4 is 5.32 Å². The maximum atomic E-state index is 12.4. The van der Waals surface area contributed by atoms with Gasteiger partial charge in [0.1, 0.15) is 0 Å². The monoisotopic (exact) mass is 470 g/mol. The van der Waals surface area contributed by atoms with Crippen LogP contribution >= 0.6 is 46.0 Å². The van der Waals surface area contributed by atoms with Gasteiger partial charge >= 0.3 is 0 Å². The largest absolute Gasteiger partial charge is 0.366 e. The average Bonchev–Trinajstić information content (AvgIpc) is 2.83. The Kier molecular flexibility index (Phi) is 5.47. The first kappa shape index (κ1) is 17.3. The van der Waals surface area contributed by atoms with E-state index in [2.05, 4.69) is 27.9 Å². The Morgan fingerprint density at radius 1 is 1.12 bits per heavy atom. The highest BCUT2D eigenvalue weighted by molar-refractivity contribution is 14.1. The molecule has 3 rings (SSSR count). The van der Waals surface area contributed by atoms with Gasteiger partial charge in [0.25, 0.3) is 11.1 Å². The van der Waals surface area contributed by atoms with E-state index < -0.39 is 0 Å². The highest BCUT2D eigenvalue weighted by Crippen LogP contribution is 2.32. The van der Waals surface area contributed by atoms with E-state index in [1.807, 2.05) is 24.3 Å². The summed E-state index contributed by atoms with van der Waals surface area (Å²) in [6.45, 7) is 0.142. The smallest absolute Gasteiger partial charge is 0.295 e. The molecule has 1 N–H and O–H groups in total. The summed E-state index contributed by atoms with van der Waals surface area (Å²) in [7, 11) is 0. The summed E-state index contributed by atoms with van der Waals surface area (Å²) in [5, 5.41) is 3.47. The molecule has 1 heterocycles. The van der Waals surface area contributed by atoms with Gasteiger partial charge in [0.15, 0.2) is 0 Å². The predicted octanol–water partition coefficient (Wildman–Crippen LogP) is 5.05. The van der Waals surface area contributed by atoms with Gasteiger partial charge in [-0.05, 0) is 70.3 Å². The molecule has 24 heavy (non-hydrogen) atoms. The summed E-state index contributed by atoms with van der Waals surface area (Å²) < 4.78 is 1.03. The summed E-state index contributed by atoms with van der Waals surface area (Å²) in [6, 6.07) is 14.8. The van der Waals surface area contributed by atoms with E-state index in [1.165, 1.54) is 4.90 Å². The number of para-hydroxylation sites is 1. The Hall–Kier alpha value is -1.51. The number of nitrogens with one attached hydrogen (secondary N) is 1. The number of anilines is 1. The van der Waals surface area contributed by atoms with Crippen LogP contribution in [-0.2, 0) is 4.79 Å². The topological polar surface area (TPSA) is 49.4 Å². The summed E-state index contributed by atoms with van der Waals surface area (Å²) in [5.41, 5.74) is 1.72. The molecule has 1 aliphatic heterocycles. The zero-order valence-corrected chi connectivity index (χ0v) is 16.1. The van der Waals surface area contributed by atoms with Crippen molar-refractivity contribution in [3.8, 4) is 0 Å². The Bertz CT molecular complexity index is 824. The number of nitrogens with zero attached hydrogens (tertiary/aromatic N) is 1. The van der Waals surface area contributed by atoms with Gasteiger partial charge in [0, 0.05) is 14.3 Å². The van der Waals surface area contributed by atoms with Crippen molar-refractivity contribution in [1.29, 1.82) is 0 Å². The van der Waals surface area contributed by atoms with Crippen LogP contribution in [-0.4, -0.2) is 22.7 Å². The first-order valence-corrected chi connectivity index (χ1v) is 9.31. The van der Waals surface area contributed by atoms with Gasteiger partial charge in [-0.15, -0.1) is 0 Å². The minimum atomic E-state index is -0.293. The Morgan fingerprint density at radius 3 is 2.54 bits per heavy atom. The number of thioether (sulfide) groups is 1. The fourth-order valence-corrected chi connectivity index (χ4v) is 3.66. The predicted molar refractivity (Wildman–Crippen MR) is 107 cm³/mol. The molecular formula is C17H12ClIN2O2S. The number of halogens is 2. The molecule has 0 saturated carbocycles. The molecule has 1 saturated heterocycles. The number of amides is 2. The van der Waals surface area contributed by atoms with Gasteiger partial charge in [0.05, 0.1) is 11.6 Å². The number of hydrogen-bond acceptors (Lipinski definition) is 4. The van der Waals surface area contributed by atoms with E-state index in [1.54, 1.807) is 30.3 Å². The van der Waals surface area contributed by atoms with Crippen molar-refractivity contribution < 1.29 is 9.59 Å².